The van der Waals surface area contributed by atoms with Gasteiger partial charge in [-0.2, -0.15) is 0 Å². The normalized spacial score (nSPS) is 12.8. The van der Waals surface area contributed by atoms with E-state index in [2.05, 4.69) is 10.4 Å². The number of nitrogens with zero attached hydrogens (tertiary/aromatic N) is 4. The minimum absolute atomic E-state index is 0.103. The fourth-order valence-electron chi connectivity index (χ4n) is 3.93. The molecule has 0 unspecified atom stereocenters. The molecule has 2 aromatic carbocycles. The highest BCUT2D eigenvalue weighted by Gasteiger charge is 2.29. The predicted molar refractivity (Wildman–Crippen MR) is 129 cm³/mol. The summed E-state index contributed by atoms with van der Waals surface area (Å²) in [6.45, 7) is 1.10. The van der Waals surface area contributed by atoms with Crippen LogP contribution in [0.5, 0.6) is 5.75 Å². The number of benzene rings is 2. The van der Waals surface area contributed by atoms with Crippen LogP contribution in [0, 0.1) is 17.0 Å². The zero-order valence-corrected chi connectivity index (χ0v) is 19.1. The van der Waals surface area contributed by atoms with Crippen LogP contribution in [0.25, 0.3) is 21.3 Å². The summed E-state index contributed by atoms with van der Waals surface area (Å²) in [5.41, 5.74) is 3.46. The molecule has 2 aromatic heterocycles. The van der Waals surface area contributed by atoms with Crippen LogP contribution in [0.3, 0.4) is 0 Å². The van der Waals surface area contributed by atoms with Crippen LogP contribution in [0.15, 0.2) is 59.7 Å². The fourth-order valence-corrected chi connectivity index (χ4v) is 4.93. The molecule has 0 saturated carbocycles. The molecule has 5 rings (SSSR count). The summed E-state index contributed by atoms with van der Waals surface area (Å²) in [6, 6.07) is 13.2. The molecule has 0 fully saturated rings. The lowest BCUT2D eigenvalue weighted by molar-refractivity contribution is -0.384. The molecular formula is C23H17N5O6S. The van der Waals surface area contributed by atoms with Crippen molar-refractivity contribution in [2.45, 2.75) is 6.92 Å². The molecule has 0 spiro atoms. The van der Waals surface area contributed by atoms with Gasteiger partial charge in [0.2, 0.25) is 0 Å². The number of thiophene rings is 1. The highest BCUT2D eigenvalue weighted by molar-refractivity contribution is 7.19. The molecule has 0 aliphatic carbocycles. The number of carbonyl (C=O) groups excluding carboxylic acids is 2. The molecule has 0 radical (unpaired) electrons. The summed E-state index contributed by atoms with van der Waals surface area (Å²) >= 11 is 1.38. The third-order valence-corrected chi connectivity index (χ3v) is 6.51. The van der Waals surface area contributed by atoms with Crippen LogP contribution >= 0.6 is 11.3 Å². The van der Waals surface area contributed by atoms with Crippen molar-refractivity contribution < 1.29 is 19.2 Å². The van der Waals surface area contributed by atoms with E-state index in [0.717, 1.165) is 25.6 Å². The zero-order valence-electron chi connectivity index (χ0n) is 18.3. The summed E-state index contributed by atoms with van der Waals surface area (Å²) in [5.74, 6) is -0.993. The number of nitro benzene ring substituents is 1. The summed E-state index contributed by atoms with van der Waals surface area (Å²) in [6.07, 6.45) is 1.22. The minimum Gasteiger partial charge on any atom is -0.482 e. The lowest BCUT2D eigenvalue weighted by Gasteiger charge is -2.28. The van der Waals surface area contributed by atoms with Gasteiger partial charge < -0.3 is 4.74 Å². The Morgan fingerprint density at radius 3 is 2.74 bits per heavy atom. The van der Waals surface area contributed by atoms with E-state index in [-0.39, 0.29) is 23.7 Å². The Labute approximate surface area is 201 Å². The number of aromatic nitrogens is 2. The van der Waals surface area contributed by atoms with Gasteiger partial charge in [-0.25, -0.2) is 9.66 Å². The van der Waals surface area contributed by atoms with Crippen molar-refractivity contribution in [3.8, 4) is 16.9 Å². The van der Waals surface area contributed by atoms with Crippen LogP contribution in [0.4, 0.5) is 11.4 Å². The molecule has 4 aromatic rings. The average Bonchev–Trinajstić information content (AvgIpc) is 3.19. The van der Waals surface area contributed by atoms with Crippen LogP contribution in [-0.2, 0) is 9.59 Å². The number of ether oxygens (including phenoxy) is 1. The van der Waals surface area contributed by atoms with Crippen molar-refractivity contribution >= 4 is 44.7 Å². The molecule has 35 heavy (non-hydrogen) atoms. The summed E-state index contributed by atoms with van der Waals surface area (Å²) in [4.78, 5) is 56.0. The number of carbonyl (C=O) groups is 2. The van der Waals surface area contributed by atoms with Gasteiger partial charge in [0, 0.05) is 22.6 Å². The molecule has 12 heteroatoms. The SMILES string of the molecule is Cc1sc2ncn(NC(=O)CN3C(=O)COc4ccc([N+](=O)[O-])cc43)c(=O)c2c1-c1ccccc1. The first-order valence-electron chi connectivity index (χ1n) is 10.4. The third-order valence-electron chi connectivity index (χ3n) is 5.49. The van der Waals surface area contributed by atoms with Gasteiger partial charge in [0.1, 0.15) is 23.5 Å². The van der Waals surface area contributed by atoms with Gasteiger partial charge in [0.15, 0.2) is 6.61 Å². The Morgan fingerprint density at radius 1 is 1.23 bits per heavy atom. The van der Waals surface area contributed by atoms with Gasteiger partial charge in [-0.3, -0.25) is 34.8 Å². The van der Waals surface area contributed by atoms with Crippen LogP contribution in [-0.4, -0.2) is 39.5 Å². The average molecular weight is 491 g/mol. The second kappa shape index (κ2) is 8.65. The maximum Gasteiger partial charge on any atom is 0.281 e. The number of nitrogens with one attached hydrogen (secondary N) is 1. The molecule has 3 heterocycles. The van der Waals surface area contributed by atoms with E-state index in [1.165, 1.54) is 35.9 Å². The number of anilines is 1. The Morgan fingerprint density at radius 2 is 2.00 bits per heavy atom. The summed E-state index contributed by atoms with van der Waals surface area (Å²) in [5, 5.41) is 11.5. The van der Waals surface area contributed by atoms with Crippen molar-refractivity contribution in [1.29, 1.82) is 0 Å². The molecular weight excluding hydrogens is 474 g/mol. The van der Waals surface area contributed by atoms with E-state index in [9.17, 15) is 24.5 Å². The summed E-state index contributed by atoms with van der Waals surface area (Å²) in [7, 11) is 0. The smallest absolute Gasteiger partial charge is 0.281 e. The van der Waals surface area contributed by atoms with Crippen molar-refractivity contribution in [2.75, 3.05) is 23.5 Å². The monoisotopic (exact) mass is 491 g/mol. The Kier molecular flexibility index (Phi) is 5.49. The molecule has 2 amide bonds. The first-order valence-corrected chi connectivity index (χ1v) is 11.2. The maximum atomic E-state index is 13.3. The third kappa shape index (κ3) is 3.99. The van der Waals surface area contributed by atoms with E-state index in [1.54, 1.807) is 0 Å². The molecule has 0 atom stereocenters. The van der Waals surface area contributed by atoms with E-state index in [4.69, 9.17) is 4.74 Å². The first-order chi connectivity index (χ1) is 16.8. The first kappa shape index (κ1) is 22.2. The van der Waals surface area contributed by atoms with Crippen molar-refractivity contribution in [3.05, 3.63) is 80.2 Å². The quantitative estimate of drug-likeness (QED) is 0.335. The number of amides is 2. The van der Waals surface area contributed by atoms with Gasteiger partial charge in [0.25, 0.3) is 23.1 Å². The number of fused-ring (bicyclic) bond motifs is 2. The molecule has 176 valence electrons. The number of hydrogen-bond donors (Lipinski definition) is 1. The lowest BCUT2D eigenvalue weighted by atomic mass is 10.0. The molecule has 11 nitrogen and oxygen atoms in total. The van der Waals surface area contributed by atoms with Crippen LogP contribution in [0.2, 0.25) is 0 Å². The predicted octanol–water partition coefficient (Wildman–Crippen LogP) is 2.84. The van der Waals surface area contributed by atoms with Crippen LogP contribution < -0.4 is 20.6 Å². The molecule has 0 bridgehead atoms. The number of rotatable bonds is 5. The van der Waals surface area contributed by atoms with Crippen molar-refractivity contribution in [3.63, 3.8) is 0 Å². The Hall–Kier alpha value is -4.58. The largest absolute Gasteiger partial charge is 0.482 e. The second-order valence-electron chi connectivity index (χ2n) is 7.71. The van der Waals surface area contributed by atoms with E-state index < -0.39 is 28.8 Å². The second-order valence-corrected chi connectivity index (χ2v) is 8.92. The molecule has 1 aliphatic heterocycles. The van der Waals surface area contributed by atoms with Gasteiger partial charge in [-0.05, 0) is 18.6 Å². The highest BCUT2D eigenvalue weighted by atomic mass is 32.1. The number of aryl methyl sites for hydroxylation is 1. The van der Waals surface area contributed by atoms with Crippen LogP contribution in [0.1, 0.15) is 4.88 Å². The fraction of sp³-hybridized carbons (Fsp3) is 0.130. The maximum absolute atomic E-state index is 13.3. The van der Waals surface area contributed by atoms with Gasteiger partial charge >= 0.3 is 0 Å². The van der Waals surface area contributed by atoms with Gasteiger partial charge in [0.05, 0.1) is 16.0 Å². The highest BCUT2D eigenvalue weighted by Crippen LogP contribution is 2.36. The van der Waals surface area contributed by atoms with E-state index >= 15 is 0 Å². The van der Waals surface area contributed by atoms with E-state index in [0.29, 0.717) is 10.2 Å². The standard InChI is InChI=1S/C23H17N5O6S/c1-13-20(14-5-3-2-4-6-14)21-22(35-13)24-12-27(23(21)31)25-18(29)10-26-16-9-15(28(32)33)7-8-17(16)34-11-19(26)30/h2-9,12H,10-11H2,1H3,(H,25,29). The molecule has 1 aliphatic rings. The Balaban J connectivity index is 1.46. The molecule has 0 saturated heterocycles. The number of hydrogen-bond acceptors (Lipinski definition) is 8. The number of nitro groups is 1. The van der Waals surface area contributed by atoms with Crippen molar-refractivity contribution in [2.24, 2.45) is 0 Å². The zero-order chi connectivity index (χ0) is 24.7. The number of non-ortho nitro benzene ring substituents is 1. The lowest BCUT2D eigenvalue weighted by Crippen LogP contribution is -2.45. The van der Waals surface area contributed by atoms with E-state index in [1.807, 2.05) is 37.3 Å². The minimum atomic E-state index is -0.686. The van der Waals surface area contributed by atoms with Gasteiger partial charge in [-0.15, -0.1) is 11.3 Å². The Bertz CT molecular complexity index is 1560. The van der Waals surface area contributed by atoms with Gasteiger partial charge in [-0.1, -0.05) is 30.3 Å². The molecule has 1 N–H and O–H groups in total. The van der Waals surface area contributed by atoms with Crippen molar-refractivity contribution in [1.82, 2.24) is 9.66 Å². The summed E-state index contributed by atoms with van der Waals surface area (Å²) < 4.78 is 6.29. The topological polar surface area (TPSA) is 137 Å².